The Morgan fingerprint density at radius 2 is 1.80 bits per heavy atom. The smallest absolute Gasteiger partial charge is 0.550 e. The first-order chi connectivity index (χ1) is 18.2. The number of halogens is 3. The van der Waals surface area contributed by atoms with E-state index in [9.17, 15) is 27.9 Å². The average molecular weight is 619 g/mol. The first kappa shape index (κ1) is 33.3. The van der Waals surface area contributed by atoms with Gasteiger partial charge in [-0.1, -0.05) is 20.8 Å². The van der Waals surface area contributed by atoms with E-state index in [-0.39, 0.29) is 98.2 Å². The topological polar surface area (TPSA) is 91.1 Å². The molecule has 3 heterocycles. The van der Waals surface area contributed by atoms with Crippen LogP contribution in [0.4, 0.5) is 13.2 Å². The number of rotatable bonds is 7. The molecule has 0 aliphatic carbocycles. The molecule has 1 aliphatic rings. The summed E-state index contributed by atoms with van der Waals surface area (Å²) in [4.78, 5) is 30.4. The second kappa shape index (κ2) is 13.4. The molecule has 0 spiro atoms. The van der Waals surface area contributed by atoms with Crippen molar-refractivity contribution in [2.75, 3.05) is 13.1 Å². The Labute approximate surface area is 282 Å². The molecule has 1 aliphatic heterocycles. The van der Waals surface area contributed by atoms with Crippen LogP contribution >= 0.6 is 23.1 Å². The maximum absolute atomic E-state index is 13.1. The fourth-order valence-electron chi connectivity index (χ4n) is 4.58. The number of carboxylic acid groups (broad SMARTS) is 1. The Hall–Kier alpha value is -1.22. The number of hydrogen-bond acceptors (Lipinski definition) is 7. The summed E-state index contributed by atoms with van der Waals surface area (Å²) in [6, 6.07) is 6.70. The van der Waals surface area contributed by atoms with Gasteiger partial charge < -0.3 is 14.8 Å². The second-order valence-corrected chi connectivity index (χ2v) is 12.8. The van der Waals surface area contributed by atoms with Gasteiger partial charge >= 0.3 is 56.9 Å². The predicted octanol–water partition coefficient (Wildman–Crippen LogP) is 1.93. The van der Waals surface area contributed by atoms with Crippen molar-refractivity contribution in [3.63, 3.8) is 0 Å². The van der Waals surface area contributed by atoms with Gasteiger partial charge in [0.2, 0.25) is 5.91 Å². The van der Waals surface area contributed by atoms with E-state index in [0.717, 1.165) is 24.1 Å². The molecule has 2 aromatic heterocycles. The first-order valence-electron chi connectivity index (χ1n) is 12.6. The standard InChI is InChI=1S/C27H31F3N4O3S2.K/c1-16-9-20(13-24(36)37)32-34(16)14-23(35)33-7-5-17(6-8-33)22-15-38-25(31-22)18-10-19(26(2,3)4)12-21(11-18)39-27(28,29)30;/h9-12,15,17H,5-8,13-14H2,1-4H3,(H,36,37);/q;+1/p-1. The first-order valence-corrected chi connectivity index (χ1v) is 14.3. The van der Waals surface area contributed by atoms with Crippen molar-refractivity contribution in [1.82, 2.24) is 19.7 Å². The van der Waals surface area contributed by atoms with Crippen LogP contribution in [0.1, 0.15) is 62.2 Å². The molecule has 1 fully saturated rings. The number of aromatic nitrogens is 3. The summed E-state index contributed by atoms with van der Waals surface area (Å²) in [5.41, 5.74) is -1.25. The van der Waals surface area contributed by atoms with Crippen molar-refractivity contribution < 1.29 is 79.3 Å². The second-order valence-electron chi connectivity index (χ2n) is 10.8. The Morgan fingerprint density at radius 3 is 2.40 bits per heavy atom. The van der Waals surface area contributed by atoms with E-state index in [0.29, 0.717) is 35.0 Å². The summed E-state index contributed by atoms with van der Waals surface area (Å²) in [6.07, 6.45) is 1.15. The van der Waals surface area contributed by atoms with E-state index in [1.54, 1.807) is 30.0 Å². The van der Waals surface area contributed by atoms with E-state index < -0.39 is 11.5 Å². The summed E-state index contributed by atoms with van der Waals surface area (Å²) in [7, 11) is 0. The van der Waals surface area contributed by atoms with Gasteiger partial charge in [-0.05, 0) is 66.8 Å². The number of likely N-dealkylation sites (tertiary alicyclic amines) is 1. The summed E-state index contributed by atoms with van der Waals surface area (Å²) in [5.74, 6) is -1.16. The number of amides is 1. The zero-order chi connectivity index (χ0) is 28.5. The van der Waals surface area contributed by atoms with Crippen LogP contribution in [0.3, 0.4) is 0 Å². The minimum Gasteiger partial charge on any atom is -0.550 e. The summed E-state index contributed by atoms with van der Waals surface area (Å²) in [6.45, 7) is 8.81. The molecule has 1 aromatic carbocycles. The largest absolute Gasteiger partial charge is 1.00 e. The number of thiazole rings is 1. The van der Waals surface area contributed by atoms with Crippen molar-refractivity contribution in [2.24, 2.45) is 0 Å². The number of alkyl halides is 3. The summed E-state index contributed by atoms with van der Waals surface area (Å²) < 4.78 is 40.9. The minimum absolute atomic E-state index is 0. The van der Waals surface area contributed by atoms with Crippen LogP contribution in [0.2, 0.25) is 0 Å². The number of thioether (sulfide) groups is 1. The fourth-order valence-corrected chi connectivity index (χ4v) is 6.11. The van der Waals surface area contributed by atoms with E-state index in [1.165, 1.54) is 16.0 Å². The summed E-state index contributed by atoms with van der Waals surface area (Å²) in [5, 5.41) is 17.7. The molecular formula is C27H30F3KN4O3S2. The van der Waals surface area contributed by atoms with Gasteiger partial charge in [0, 0.05) is 52.9 Å². The fraction of sp³-hybridized carbons (Fsp3) is 0.481. The molecule has 0 N–H and O–H groups in total. The molecule has 210 valence electrons. The van der Waals surface area contributed by atoms with Gasteiger partial charge in [0.05, 0.1) is 11.4 Å². The van der Waals surface area contributed by atoms with Gasteiger partial charge in [0.15, 0.2) is 0 Å². The molecule has 1 saturated heterocycles. The normalized spacial score (nSPS) is 14.7. The van der Waals surface area contributed by atoms with Crippen LogP contribution in [-0.2, 0) is 28.0 Å². The molecule has 0 bridgehead atoms. The zero-order valence-electron chi connectivity index (χ0n) is 23.2. The number of benzene rings is 1. The van der Waals surface area contributed by atoms with Crippen molar-refractivity contribution in [1.29, 1.82) is 0 Å². The molecule has 40 heavy (non-hydrogen) atoms. The quantitative estimate of drug-likeness (QED) is 0.297. The third-order valence-electron chi connectivity index (χ3n) is 6.68. The SMILES string of the molecule is Cc1cc(CC(=O)[O-])nn1CC(=O)N1CCC(c2csc(-c3cc(SC(F)(F)F)cc(C(C)(C)C)c3)n2)CC1.[K+]. The van der Waals surface area contributed by atoms with Crippen LogP contribution in [-0.4, -0.2) is 50.1 Å². The average Bonchev–Trinajstić information content (AvgIpc) is 3.44. The van der Waals surface area contributed by atoms with Gasteiger partial charge in [-0.25, -0.2) is 4.98 Å². The Balaban J connectivity index is 0.00000441. The molecule has 7 nitrogen and oxygen atoms in total. The van der Waals surface area contributed by atoms with Gasteiger partial charge in [0.1, 0.15) is 11.6 Å². The molecule has 0 unspecified atom stereocenters. The third-order valence-corrected chi connectivity index (χ3v) is 8.30. The van der Waals surface area contributed by atoms with Gasteiger partial charge in [-0.2, -0.15) is 18.3 Å². The van der Waals surface area contributed by atoms with E-state index in [1.807, 2.05) is 32.2 Å². The minimum atomic E-state index is -4.37. The number of aryl methyl sites for hydroxylation is 1. The number of carboxylic acids is 1. The Bertz CT molecular complexity index is 1360. The zero-order valence-corrected chi connectivity index (χ0v) is 27.9. The van der Waals surface area contributed by atoms with E-state index >= 15 is 0 Å². The van der Waals surface area contributed by atoms with Crippen LogP contribution in [0.25, 0.3) is 10.6 Å². The number of hydrogen-bond donors (Lipinski definition) is 0. The van der Waals surface area contributed by atoms with Crippen LogP contribution in [0.15, 0.2) is 34.5 Å². The Kier molecular flexibility index (Phi) is 11.1. The van der Waals surface area contributed by atoms with Crippen molar-refractivity contribution in [3.05, 3.63) is 52.3 Å². The maximum Gasteiger partial charge on any atom is 1.00 e. The number of piperidine rings is 1. The van der Waals surface area contributed by atoms with Crippen LogP contribution in [0.5, 0.6) is 0 Å². The Morgan fingerprint density at radius 1 is 1.12 bits per heavy atom. The number of aliphatic carboxylic acids is 1. The molecular weight excluding hydrogens is 589 g/mol. The van der Waals surface area contributed by atoms with Crippen molar-refractivity contribution in [2.45, 2.75) is 75.2 Å². The molecule has 1 amide bonds. The van der Waals surface area contributed by atoms with Gasteiger partial charge in [0.25, 0.3) is 0 Å². The number of carbonyl (C=O) groups is 2. The summed E-state index contributed by atoms with van der Waals surface area (Å²) >= 11 is 1.31. The monoisotopic (exact) mass is 618 g/mol. The van der Waals surface area contributed by atoms with Crippen LogP contribution in [0, 0.1) is 6.92 Å². The van der Waals surface area contributed by atoms with Crippen molar-refractivity contribution in [3.8, 4) is 10.6 Å². The van der Waals surface area contributed by atoms with Crippen LogP contribution < -0.4 is 56.5 Å². The van der Waals surface area contributed by atoms with Gasteiger partial charge in [-0.3, -0.25) is 9.48 Å². The molecule has 0 saturated carbocycles. The number of nitrogens with zero attached hydrogens (tertiary/aromatic N) is 4. The molecule has 3 aromatic rings. The molecule has 0 atom stereocenters. The molecule has 0 radical (unpaired) electrons. The van der Waals surface area contributed by atoms with E-state index in [4.69, 9.17) is 4.98 Å². The molecule has 13 heteroatoms. The predicted molar refractivity (Wildman–Crippen MR) is 142 cm³/mol. The van der Waals surface area contributed by atoms with E-state index in [2.05, 4.69) is 5.10 Å². The number of carbonyl (C=O) groups excluding carboxylic acids is 2. The van der Waals surface area contributed by atoms with Crippen molar-refractivity contribution >= 4 is 35.0 Å². The third kappa shape index (κ3) is 8.89. The maximum atomic E-state index is 13.1. The van der Waals surface area contributed by atoms with Gasteiger partial charge in [-0.15, -0.1) is 11.3 Å². The molecule has 4 rings (SSSR count).